The van der Waals surface area contributed by atoms with E-state index in [2.05, 4.69) is 12.2 Å². The summed E-state index contributed by atoms with van der Waals surface area (Å²) in [5, 5.41) is 2.81. The fraction of sp³-hybridized carbons (Fsp3) is 0.909. The number of hydrogen-bond donors (Lipinski definition) is 2. The maximum Gasteiger partial charge on any atom is 0.227 e. The van der Waals surface area contributed by atoms with Crippen LogP contribution in [0.2, 0.25) is 0 Å². The number of carbonyl (C=O) groups excluding carboxylic acids is 1. The van der Waals surface area contributed by atoms with Crippen molar-refractivity contribution in [1.29, 1.82) is 0 Å². The first-order chi connectivity index (χ1) is 7.75. The maximum absolute atomic E-state index is 11.6. The minimum Gasteiger partial charge on any atom is -0.380 e. The summed E-state index contributed by atoms with van der Waals surface area (Å²) in [4.78, 5) is 11.6. The van der Waals surface area contributed by atoms with Gasteiger partial charge in [0, 0.05) is 19.2 Å². The number of hydrogen-bond acceptors (Lipinski definition) is 4. The number of nitrogens with two attached hydrogens (primary N) is 1. The van der Waals surface area contributed by atoms with Crippen LogP contribution in [-0.2, 0) is 14.3 Å². The molecule has 3 N–H and O–H groups in total. The van der Waals surface area contributed by atoms with Crippen molar-refractivity contribution in [3.63, 3.8) is 0 Å². The van der Waals surface area contributed by atoms with E-state index in [4.69, 9.17) is 15.2 Å². The number of amides is 1. The van der Waals surface area contributed by atoms with Crippen LogP contribution in [0.4, 0.5) is 0 Å². The van der Waals surface area contributed by atoms with Crippen LogP contribution >= 0.6 is 0 Å². The van der Waals surface area contributed by atoms with Gasteiger partial charge in [-0.05, 0) is 6.42 Å². The van der Waals surface area contributed by atoms with Crippen LogP contribution in [0, 0.1) is 5.92 Å². The summed E-state index contributed by atoms with van der Waals surface area (Å²) in [5.74, 6) is -0.222. The standard InChI is InChI=1S/C11H22N2O3/c1-2-3-5-15-6-4-13-11(14)9-7-16-8-10(9)12/h9-10H,2-8,12H2,1H3,(H,13,14). The Balaban J connectivity index is 2.02. The summed E-state index contributed by atoms with van der Waals surface area (Å²) in [6.45, 7) is 4.90. The molecule has 0 spiro atoms. The second-order valence-electron chi connectivity index (χ2n) is 4.06. The minimum atomic E-state index is -0.198. The molecule has 0 aromatic carbocycles. The van der Waals surface area contributed by atoms with Crippen molar-refractivity contribution in [3.8, 4) is 0 Å². The van der Waals surface area contributed by atoms with Gasteiger partial charge in [0.05, 0.1) is 25.7 Å². The fourth-order valence-electron chi connectivity index (χ4n) is 1.57. The molecule has 1 aliphatic heterocycles. The van der Waals surface area contributed by atoms with E-state index in [0.717, 1.165) is 19.4 Å². The van der Waals surface area contributed by atoms with Crippen molar-refractivity contribution >= 4 is 5.91 Å². The number of unbranched alkanes of at least 4 members (excludes halogenated alkanes) is 1. The van der Waals surface area contributed by atoms with E-state index in [1.807, 2.05) is 0 Å². The van der Waals surface area contributed by atoms with Crippen LogP contribution in [0.1, 0.15) is 19.8 Å². The Labute approximate surface area is 96.7 Å². The van der Waals surface area contributed by atoms with Gasteiger partial charge in [0.2, 0.25) is 5.91 Å². The molecule has 2 atom stereocenters. The van der Waals surface area contributed by atoms with E-state index in [-0.39, 0.29) is 17.9 Å². The van der Waals surface area contributed by atoms with Gasteiger partial charge in [0.25, 0.3) is 0 Å². The zero-order chi connectivity index (χ0) is 11.8. The average molecular weight is 230 g/mol. The molecule has 1 saturated heterocycles. The predicted molar refractivity (Wildman–Crippen MR) is 61.0 cm³/mol. The zero-order valence-electron chi connectivity index (χ0n) is 9.91. The molecule has 0 aliphatic carbocycles. The van der Waals surface area contributed by atoms with Crippen molar-refractivity contribution < 1.29 is 14.3 Å². The largest absolute Gasteiger partial charge is 0.380 e. The third-order valence-electron chi connectivity index (χ3n) is 2.65. The van der Waals surface area contributed by atoms with Crippen LogP contribution in [0.3, 0.4) is 0 Å². The number of nitrogens with one attached hydrogen (secondary N) is 1. The van der Waals surface area contributed by atoms with E-state index in [9.17, 15) is 4.79 Å². The predicted octanol–water partition coefficient (Wildman–Crippen LogP) is -0.107. The lowest BCUT2D eigenvalue weighted by Crippen LogP contribution is -2.42. The van der Waals surface area contributed by atoms with E-state index < -0.39 is 0 Å². The highest BCUT2D eigenvalue weighted by Gasteiger charge is 2.30. The molecule has 0 aromatic heterocycles. The minimum absolute atomic E-state index is 0.0240. The van der Waals surface area contributed by atoms with E-state index in [1.54, 1.807) is 0 Å². The van der Waals surface area contributed by atoms with Crippen molar-refractivity contribution in [2.45, 2.75) is 25.8 Å². The molecule has 0 radical (unpaired) electrons. The van der Waals surface area contributed by atoms with E-state index in [0.29, 0.717) is 26.4 Å². The molecule has 94 valence electrons. The Kier molecular flexibility index (Phi) is 6.37. The van der Waals surface area contributed by atoms with Gasteiger partial charge in [-0.1, -0.05) is 13.3 Å². The van der Waals surface area contributed by atoms with Gasteiger partial charge in [0.1, 0.15) is 0 Å². The maximum atomic E-state index is 11.6. The summed E-state index contributed by atoms with van der Waals surface area (Å²) in [5.41, 5.74) is 5.73. The Morgan fingerprint density at radius 1 is 1.50 bits per heavy atom. The first-order valence-corrected chi connectivity index (χ1v) is 5.94. The zero-order valence-corrected chi connectivity index (χ0v) is 9.91. The smallest absolute Gasteiger partial charge is 0.227 e. The van der Waals surface area contributed by atoms with Crippen molar-refractivity contribution in [3.05, 3.63) is 0 Å². The molecule has 1 rings (SSSR count). The molecule has 16 heavy (non-hydrogen) atoms. The van der Waals surface area contributed by atoms with Gasteiger partial charge in [-0.15, -0.1) is 0 Å². The van der Waals surface area contributed by atoms with Gasteiger partial charge < -0.3 is 20.5 Å². The molecule has 0 bridgehead atoms. The lowest BCUT2D eigenvalue weighted by atomic mass is 10.0. The molecule has 0 saturated carbocycles. The van der Waals surface area contributed by atoms with Crippen LogP contribution in [0.25, 0.3) is 0 Å². The lowest BCUT2D eigenvalue weighted by molar-refractivity contribution is -0.125. The average Bonchev–Trinajstić information content (AvgIpc) is 2.69. The van der Waals surface area contributed by atoms with Crippen LogP contribution in [-0.4, -0.2) is 44.9 Å². The molecule has 1 heterocycles. The van der Waals surface area contributed by atoms with Crippen LogP contribution < -0.4 is 11.1 Å². The second kappa shape index (κ2) is 7.60. The van der Waals surface area contributed by atoms with Gasteiger partial charge in [0.15, 0.2) is 0 Å². The number of rotatable bonds is 7. The summed E-state index contributed by atoms with van der Waals surface area (Å²) >= 11 is 0. The first-order valence-electron chi connectivity index (χ1n) is 5.94. The molecule has 5 nitrogen and oxygen atoms in total. The van der Waals surface area contributed by atoms with Gasteiger partial charge >= 0.3 is 0 Å². The third-order valence-corrected chi connectivity index (χ3v) is 2.65. The third kappa shape index (κ3) is 4.47. The highest BCUT2D eigenvalue weighted by atomic mass is 16.5. The van der Waals surface area contributed by atoms with Gasteiger partial charge in [-0.3, -0.25) is 4.79 Å². The molecule has 1 fully saturated rings. The highest BCUT2D eigenvalue weighted by Crippen LogP contribution is 2.10. The van der Waals surface area contributed by atoms with Gasteiger partial charge in [-0.25, -0.2) is 0 Å². The SMILES string of the molecule is CCCCOCCNC(=O)C1COCC1N. The Bertz CT molecular complexity index is 211. The monoisotopic (exact) mass is 230 g/mol. The van der Waals surface area contributed by atoms with Crippen LogP contribution in [0.15, 0.2) is 0 Å². The molecule has 1 amide bonds. The number of carbonyl (C=O) groups is 1. The quantitative estimate of drug-likeness (QED) is 0.599. The molecule has 2 unspecified atom stereocenters. The summed E-state index contributed by atoms with van der Waals surface area (Å²) in [7, 11) is 0. The Hall–Kier alpha value is -0.650. The normalized spacial score (nSPS) is 24.6. The number of ether oxygens (including phenoxy) is 2. The molecular weight excluding hydrogens is 208 g/mol. The molecule has 1 aliphatic rings. The fourth-order valence-corrected chi connectivity index (χ4v) is 1.57. The molecular formula is C11H22N2O3. The van der Waals surface area contributed by atoms with Crippen molar-refractivity contribution in [2.24, 2.45) is 11.7 Å². The summed E-state index contributed by atoms with van der Waals surface area (Å²) in [6.07, 6.45) is 2.19. The molecule has 0 aromatic rings. The Morgan fingerprint density at radius 3 is 2.94 bits per heavy atom. The van der Waals surface area contributed by atoms with Crippen molar-refractivity contribution in [2.75, 3.05) is 33.0 Å². The molecule has 5 heteroatoms. The Morgan fingerprint density at radius 2 is 2.31 bits per heavy atom. The van der Waals surface area contributed by atoms with E-state index >= 15 is 0 Å². The van der Waals surface area contributed by atoms with Crippen LogP contribution in [0.5, 0.6) is 0 Å². The first kappa shape index (κ1) is 13.4. The lowest BCUT2D eigenvalue weighted by Gasteiger charge is -2.13. The van der Waals surface area contributed by atoms with Crippen molar-refractivity contribution in [1.82, 2.24) is 5.32 Å². The topological polar surface area (TPSA) is 73.6 Å². The van der Waals surface area contributed by atoms with Gasteiger partial charge in [-0.2, -0.15) is 0 Å². The highest BCUT2D eigenvalue weighted by molar-refractivity contribution is 5.79. The summed E-state index contributed by atoms with van der Waals surface area (Å²) < 4.78 is 10.5. The summed E-state index contributed by atoms with van der Waals surface area (Å²) in [6, 6.07) is -0.166. The van der Waals surface area contributed by atoms with E-state index in [1.165, 1.54) is 0 Å². The second-order valence-corrected chi connectivity index (χ2v) is 4.06.